The molecule has 0 saturated heterocycles. The Labute approximate surface area is 238 Å². The van der Waals surface area contributed by atoms with Crippen molar-refractivity contribution in [2.24, 2.45) is 0 Å². The van der Waals surface area contributed by atoms with Crippen molar-refractivity contribution in [3.8, 4) is 6.07 Å². The summed E-state index contributed by atoms with van der Waals surface area (Å²) in [5.74, 6) is -0.298. The van der Waals surface area contributed by atoms with Gasteiger partial charge in [0.25, 0.3) is 5.91 Å². The van der Waals surface area contributed by atoms with Gasteiger partial charge in [-0.3, -0.25) is 14.4 Å². The predicted molar refractivity (Wildman–Crippen MR) is 153 cm³/mol. The molecule has 3 aromatic heterocycles. The lowest BCUT2D eigenvalue weighted by molar-refractivity contribution is 0.0984. The van der Waals surface area contributed by atoms with Gasteiger partial charge >= 0.3 is 0 Å². The third kappa shape index (κ3) is 5.91. The summed E-state index contributed by atoms with van der Waals surface area (Å²) in [4.78, 5) is 23.8. The van der Waals surface area contributed by atoms with Crippen molar-refractivity contribution >= 4 is 45.7 Å². The fourth-order valence-corrected chi connectivity index (χ4v) is 4.81. The number of pyridine rings is 2. The van der Waals surface area contributed by atoms with Crippen LogP contribution in [0.5, 0.6) is 0 Å². The first kappa shape index (κ1) is 28.5. The molecule has 202 valence electrons. The number of nitriles is 1. The molecule has 1 saturated carbocycles. The van der Waals surface area contributed by atoms with E-state index in [9.17, 15) is 4.79 Å². The van der Waals surface area contributed by atoms with Crippen molar-refractivity contribution in [3.05, 3.63) is 81.0 Å². The average Bonchev–Trinajstić information content (AvgIpc) is 3.58. The normalized spacial score (nSPS) is 13.5. The Bertz CT molecular complexity index is 1520. The second-order valence-corrected chi connectivity index (χ2v) is 9.37. The highest BCUT2D eigenvalue weighted by molar-refractivity contribution is 6.33. The summed E-state index contributed by atoms with van der Waals surface area (Å²) in [6.45, 7) is 9.20. The molecule has 0 spiro atoms. The maximum atomic E-state index is 13.6. The molecule has 1 aliphatic carbocycles. The van der Waals surface area contributed by atoms with Gasteiger partial charge in [-0.1, -0.05) is 63.0 Å². The van der Waals surface area contributed by atoms with Gasteiger partial charge in [-0.15, -0.1) is 0 Å². The van der Waals surface area contributed by atoms with Crippen LogP contribution in [0.1, 0.15) is 79.3 Å². The van der Waals surface area contributed by atoms with Crippen molar-refractivity contribution in [3.63, 3.8) is 0 Å². The second kappa shape index (κ2) is 12.6. The zero-order chi connectivity index (χ0) is 28.1. The number of ether oxygens (including phenoxy) is 1. The van der Waals surface area contributed by atoms with Gasteiger partial charge in [-0.25, -0.2) is 9.97 Å². The summed E-state index contributed by atoms with van der Waals surface area (Å²) in [6.07, 6.45) is 5.29. The van der Waals surface area contributed by atoms with Crippen LogP contribution in [0, 0.1) is 11.3 Å². The van der Waals surface area contributed by atoms with Gasteiger partial charge < -0.3 is 4.74 Å². The van der Waals surface area contributed by atoms with Crippen LogP contribution in [0.2, 0.25) is 10.3 Å². The molecule has 1 amide bonds. The van der Waals surface area contributed by atoms with Crippen LogP contribution in [0.25, 0.3) is 10.9 Å². The van der Waals surface area contributed by atoms with Crippen molar-refractivity contribution in [1.82, 2.24) is 19.7 Å². The van der Waals surface area contributed by atoms with Gasteiger partial charge in [-0.05, 0) is 42.2 Å². The molecule has 8 nitrogen and oxygen atoms in total. The number of hydrogen-bond acceptors (Lipinski definition) is 6. The molecule has 6 rings (SSSR count). The van der Waals surface area contributed by atoms with Gasteiger partial charge in [0.1, 0.15) is 22.6 Å². The van der Waals surface area contributed by atoms with E-state index in [0.717, 1.165) is 40.4 Å². The first-order chi connectivity index (χ1) is 19.0. The van der Waals surface area contributed by atoms with Crippen molar-refractivity contribution in [2.75, 3.05) is 4.90 Å². The van der Waals surface area contributed by atoms with Gasteiger partial charge in [0.2, 0.25) is 0 Å². The molecule has 1 fully saturated rings. The summed E-state index contributed by atoms with van der Waals surface area (Å²) in [7, 11) is 0. The smallest absolute Gasteiger partial charge is 0.260 e. The molecule has 4 aromatic rings. The quantitative estimate of drug-likeness (QED) is 0.236. The minimum atomic E-state index is -0.298. The molecular weight excluding hydrogens is 535 g/mol. The molecule has 1 aromatic carbocycles. The zero-order valence-corrected chi connectivity index (χ0v) is 23.9. The van der Waals surface area contributed by atoms with Gasteiger partial charge in [0, 0.05) is 17.1 Å². The molecule has 39 heavy (non-hydrogen) atoms. The van der Waals surface area contributed by atoms with Crippen LogP contribution in [-0.2, 0) is 24.5 Å². The Morgan fingerprint density at radius 2 is 1.85 bits per heavy atom. The number of benzene rings is 1. The number of nitrogens with zero attached hydrogens (tertiary/aromatic N) is 6. The highest BCUT2D eigenvalue weighted by atomic mass is 35.5. The number of halogens is 2. The average molecular weight is 566 g/mol. The molecule has 0 bridgehead atoms. The Kier molecular flexibility index (Phi) is 9.18. The van der Waals surface area contributed by atoms with Crippen LogP contribution in [0.4, 0.5) is 5.69 Å². The molecule has 0 atom stereocenters. The first-order valence-electron chi connectivity index (χ1n) is 13.1. The third-order valence-electron chi connectivity index (χ3n) is 6.30. The fraction of sp³-hybridized carbons (Fsp3) is 0.345. The highest BCUT2D eigenvalue weighted by Gasteiger charge is 2.29. The van der Waals surface area contributed by atoms with Gasteiger partial charge in [0.15, 0.2) is 5.15 Å². The monoisotopic (exact) mass is 564 g/mol. The Morgan fingerprint density at radius 1 is 1.10 bits per heavy atom. The van der Waals surface area contributed by atoms with Crippen molar-refractivity contribution in [2.45, 2.75) is 66.3 Å². The van der Waals surface area contributed by atoms with Crippen LogP contribution < -0.4 is 4.90 Å². The lowest BCUT2D eigenvalue weighted by atomic mass is 10.0. The lowest BCUT2D eigenvalue weighted by Gasteiger charge is -2.22. The summed E-state index contributed by atoms with van der Waals surface area (Å²) < 4.78 is 7.39. The zero-order valence-electron chi connectivity index (χ0n) is 22.4. The third-order valence-corrected chi connectivity index (χ3v) is 6.89. The molecule has 0 radical (unpaired) electrons. The minimum absolute atomic E-state index is 0.234. The van der Waals surface area contributed by atoms with E-state index in [1.54, 1.807) is 11.0 Å². The maximum absolute atomic E-state index is 13.6. The Morgan fingerprint density at radius 3 is 2.51 bits per heavy atom. The first-order valence-corrected chi connectivity index (χ1v) is 13.9. The molecular formula is C29H30Cl2N6O2. The maximum Gasteiger partial charge on any atom is 0.260 e. The molecule has 2 aliphatic rings. The largest absolute Gasteiger partial charge is 0.372 e. The molecule has 0 unspecified atom stereocenters. The van der Waals surface area contributed by atoms with Crippen LogP contribution >= 0.6 is 23.2 Å². The van der Waals surface area contributed by atoms with E-state index < -0.39 is 0 Å². The van der Waals surface area contributed by atoms with Gasteiger partial charge in [-0.2, -0.15) is 10.4 Å². The number of hydrogen-bond donors (Lipinski definition) is 0. The van der Waals surface area contributed by atoms with E-state index in [-0.39, 0.29) is 23.3 Å². The minimum Gasteiger partial charge on any atom is -0.372 e. The molecule has 4 heterocycles. The second-order valence-electron chi connectivity index (χ2n) is 8.66. The number of carbonyl (C=O) groups excluding carboxylic acids is 1. The fourth-order valence-electron chi connectivity index (χ4n) is 4.31. The van der Waals surface area contributed by atoms with E-state index in [1.807, 2.05) is 62.8 Å². The van der Waals surface area contributed by atoms with Crippen LogP contribution in [-0.4, -0.2) is 25.7 Å². The highest BCUT2D eigenvalue weighted by Crippen LogP contribution is 2.38. The summed E-state index contributed by atoms with van der Waals surface area (Å²) in [5, 5.41) is 15.2. The predicted octanol–water partition coefficient (Wildman–Crippen LogP) is 7.27. The van der Waals surface area contributed by atoms with E-state index >= 15 is 0 Å². The summed E-state index contributed by atoms with van der Waals surface area (Å²) in [5.41, 5.74) is 4.67. The van der Waals surface area contributed by atoms with Crippen molar-refractivity contribution in [1.29, 1.82) is 5.26 Å². The SMILES string of the molecule is CC.CC.N#Cc1ccc(C(=O)N(Cc2ccc3c4c(c(Cl)nc3c2)COC4)c2cn(C3CC3)nc2Cl)cn1. The molecule has 1 aliphatic heterocycles. The molecule has 10 heteroatoms. The number of amides is 1. The Balaban J connectivity index is 0.000000845. The standard InChI is InChI=1S/C25H18Cl2N6O2.2C2H6/c26-23-20-13-35-12-19(20)18-6-1-14(7-21(18)30-23)10-32(22-11-33(17-4-5-17)31-24(22)27)25(34)15-2-3-16(8-28)29-9-15;2*1-2/h1-3,6-7,9,11,17H,4-5,10,12-13H2;2*1-2H3. The van der Waals surface area contributed by atoms with Crippen LogP contribution in [0.3, 0.4) is 0 Å². The summed E-state index contributed by atoms with van der Waals surface area (Å²) >= 11 is 12.9. The molecule has 0 N–H and O–H groups in total. The lowest BCUT2D eigenvalue weighted by Crippen LogP contribution is -2.30. The topological polar surface area (TPSA) is 96.9 Å². The van der Waals surface area contributed by atoms with Crippen molar-refractivity contribution < 1.29 is 9.53 Å². The van der Waals surface area contributed by atoms with E-state index in [1.165, 1.54) is 12.3 Å². The number of carbonyl (C=O) groups is 1. The van der Waals surface area contributed by atoms with Gasteiger partial charge in [0.05, 0.1) is 43.1 Å². The van der Waals surface area contributed by atoms with E-state index in [2.05, 4.69) is 15.1 Å². The number of rotatable bonds is 5. The summed E-state index contributed by atoms with van der Waals surface area (Å²) in [6, 6.07) is 11.3. The Hall–Kier alpha value is -3.51. The number of anilines is 1. The number of aromatic nitrogens is 4. The van der Waals surface area contributed by atoms with E-state index in [0.29, 0.717) is 35.7 Å². The van der Waals surface area contributed by atoms with E-state index in [4.69, 9.17) is 33.2 Å². The number of fused-ring (bicyclic) bond motifs is 3. The van der Waals surface area contributed by atoms with Crippen LogP contribution in [0.15, 0.2) is 42.7 Å².